The van der Waals surface area contributed by atoms with Crippen LogP contribution in [0.3, 0.4) is 0 Å². The Bertz CT molecular complexity index is 997. The van der Waals surface area contributed by atoms with Gasteiger partial charge in [0.2, 0.25) is 23.6 Å². The van der Waals surface area contributed by atoms with E-state index in [4.69, 9.17) is 5.11 Å². The highest BCUT2D eigenvalue weighted by molar-refractivity contribution is 5.93. The Balaban J connectivity index is 1.63. The molecule has 2 fully saturated rings. The van der Waals surface area contributed by atoms with Crippen LogP contribution in [0.25, 0.3) is 0 Å². The minimum Gasteiger partial charge on any atom is -0.481 e. The van der Waals surface area contributed by atoms with Crippen molar-refractivity contribution in [2.45, 2.75) is 90.3 Å². The molecule has 1 saturated carbocycles. The molecule has 2 heterocycles. The summed E-state index contributed by atoms with van der Waals surface area (Å²) in [5.74, 6) is -2.10. The third kappa shape index (κ3) is 8.72. The first-order valence-electron chi connectivity index (χ1n) is 13.8. The van der Waals surface area contributed by atoms with E-state index < -0.39 is 29.9 Å². The SMILES string of the molecule is CC[C@H](C)[C@H](NC(=O)CCC(=O)O)C(=O)NCC(=O)N1C[C@H](C2CCCCC2)C[C@H]1C(=O)NCc1nn[nH]n1. The lowest BCUT2D eigenvalue weighted by Crippen LogP contribution is -2.53. The van der Waals surface area contributed by atoms with Crippen LogP contribution < -0.4 is 16.0 Å². The molecule has 2 aliphatic rings. The number of H-pyrrole nitrogens is 1. The van der Waals surface area contributed by atoms with Gasteiger partial charge in [0.25, 0.3) is 0 Å². The molecule has 4 atom stereocenters. The number of aromatic amines is 1. The Hall–Kier alpha value is -3.58. The first-order valence-corrected chi connectivity index (χ1v) is 13.8. The normalized spacial score (nSPS) is 21.1. The van der Waals surface area contributed by atoms with Gasteiger partial charge >= 0.3 is 5.97 Å². The highest BCUT2D eigenvalue weighted by atomic mass is 16.4. The maximum absolute atomic E-state index is 13.3. The molecule has 1 aliphatic carbocycles. The van der Waals surface area contributed by atoms with Gasteiger partial charge in [-0.1, -0.05) is 57.6 Å². The molecule has 0 bridgehead atoms. The molecule has 4 amide bonds. The van der Waals surface area contributed by atoms with E-state index in [0.717, 1.165) is 25.7 Å². The number of tetrazole rings is 1. The van der Waals surface area contributed by atoms with Crippen LogP contribution in [0.2, 0.25) is 0 Å². The number of likely N-dealkylation sites (tertiary alicyclic amines) is 1. The Kier molecular flexibility index (Phi) is 11.2. The molecule has 216 valence electrons. The fraction of sp³-hybridized carbons (Fsp3) is 0.760. The number of carbonyl (C=O) groups excluding carboxylic acids is 4. The van der Waals surface area contributed by atoms with Crippen LogP contribution in [-0.4, -0.2) is 85.4 Å². The molecule has 1 saturated heterocycles. The second-order valence-corrected chi connectivity index (χ2v) is 10.5. The van der Waals surface area contributed by atoms with Crippen LogP contribution in [0.1, 0.15) is 77.5 Å². The number of aliphatic carboxylic acids is 1. The average Bonchev–Trinajstić information content (AvgIpc) is 3.63. The van der Waals surface area contributed by atoms with Crippen molar-refractivity contribution in [3.05, 3.63) is 5.82 Å². The molecule has 3 rings (SSSR count). The van der Waals surface area contributed by atoms with E-state index in [1.807, 2.05) is 6.92 Å². The van der Waals surface area contributed by atoms with E-state index in [9.17, 15) is 24.0 Å². The first-order chi connectivity index (χ1) is 18.7. The predicted octanol–water partition coefficient (Wildman–Crippen LogP) is 0.125. The molecule has 1 aromatic rings. The van der Waals surface area contributed by atoms with Gasteiger partial charge in [0.05, 0.1) is 19.5 Å². The summed E-state index contributed by atoms with van der Waals surface area (Å²) in [5.41, 5.74) is 0. The summed E-state index contributed by atoms with van der Waals surface area (Å²) < 4.78 is 0. The second kappa shape index (κ2) is 14.5. The monoisotopic (exact) mass is 548 g/mol. The van der Waals surface area contributed by atoms with Gasteiger partial charge in [-0.05, 0) is 24.2 Å². The van der Waals surface area contributed by atoms with Gasteiger partial charge in [0.1, 0.15) is 12.1 Å². The van der Waals surface area contributed by atoms with Crippen molar-refractivity contribution in [2.75, 3.05) is 13.1 Å². The predicted molar refractivity (Wildman–Crippen MR) is 137 cm³/mol. The Labute approximate surface area is 227 Å². The zero-order chi connectivity index (χ0) is 28.4. The third-order valence-corrected chi connectivity index (χ3v) is 7.87. The molecule has 0 spiro atoms. The minimum absolute atomic E-state index is 0.0802. The Morgan fingerprint density at radius 3 is 2.46 bits per heavy atom. The summed E-state index contributed by atoms with van der Waals surface area (Å²) in [7, 11) is 0. The molecule has 5 N–H and O–H groups in total. The number of hydrogen-bond acceptors (Lipinski definition) is 8. The number of aromatic nitrogens is 4. The highest BCUT2D eigenvalue weighted by Gasteiger charge is 2.42. The quantitative estimate of drug-likeness (QED) is 0.227. The molecule has 14 nitrogen and oxygen atoms in total. The number of nitrogens with zero attached hydrogens (tertiary/aromatic N) is 4. The zero-order valence-corrected chi connectivity index (χ0v) is 22.6. The fourth-order valence-electron chi connectivity index (χ4n) is 5.42. The summed E-state index contributed by atoms with van der Waals surface area (Å²) >= 11 is 0. The van der Waals surface area contributed by atoms with Crippen LogP contribution in [0, 0.1) is 17.8 Å². The van der Waals surface area contributed by atoms with Crippen LogP contribution in [-0.2, 0) is 30.5 Å². The lowest BCUT2D eigenvalue weighted by atomic mass is 9.79. The van der Waals surface area contributed by atoms with Crippen molar-refractivity contribution < 1.29 is 29.1 Å². The third-order valence-electron chi connectivity index (χ3n) is 7.87. The summed E-state index contributed by atoms with van der Waals surface area (Å²) in [6.45, 7) is 3.87. The summed E-state index contributed by atoms with van der Waals surface area (Å²) in [6, 6.07) is -1.58. The standard InChI is InChI=1S/C25H40N8O6/c1-3-15(2)23(28-20(34)9-10-22(36)37)25(39)27-13-21(35)33-14-17(16-7-5-4-6-8-16)11-18(33)24(38)26-12-19-29-31-32-30-19/h15-18,23H,3-14H2,1-2H3,(H,26,38)(H,27,39)(H,28,34)(H,36,37)(H,29,30,31,32)/t15-,17+,18-,23-/m0/s1. The number of nitrogens with one attached hydrogen (secondary N) is 4. The van der Waals surface area contributed by atoms with Gasteiger partial charge in [-0.15, -0.1) is 10.2 Å². The Morgan fingerprint density at radius 1 is 1.08 bits per heavy atom. The van der Waals surface area contributed by atoms with Gasteiger partial charge in [0, 0.05) is 13.0 Å². The van der Waals surface area contributed by atoms with Gasteiger partial charge in [-0.2, -0.15) is 5.21 Å². The lowest BCUT2D eigenvalue weighted by molar-refractivity contribution is -0.140. The van der Waals surface area contributed by atoms with Gasteiger partial charge in [-0.3, -0.25) is 24.0 Å². The molecule has 14 heteroatoms. The van der Waals surface area contributed by atoms with Crippen LogP contribution in [0.15, 0.2) is 0 Å². The number of carboxylic acid groups (broad SMARTS) is 1. The van der Waals surface area contributed by atoms with Gasteiger partial charge in [-0.25, -0.2) is 0 Å². The van der Waals surface area contributed by atoms with E-state index >= 15 is 0 Å². The van der Waals surface area contributed by atoms with Crippen molar-refractivity contribution in [1.29, 1.82) is 0 Å². The summed E-state index contributed by atoms with van der Waals surface area (Å²) in [5, 5.41) is 30.3. The molecule has 1 aliphatic heterocycles. The van der Waals surface area contributed by atoms with Crippen molar-refractivity contribution in [3.8, 4) is 0 Å². The van der Waals surface area contributed by atoms with Crippen LogP contribution in [0.4, 0.5) is 0 Å². The fourth-order valence-corrected chi connectivity index (χ4v) is 5.42. The maximum Gasteiger partial charge on any atom is 0.303 e. The molecule has 0 radical (unpaired) electrons. The van der Waals surface area contributed by atoms with E-state index in [2.05, 4.69) is 36.6 Å². The van der Waals surface area contributed by atoms with Crippen LogP contribution >= 0.6 is 0 Å². The molecule has 1 aromatic heterocycles. The van der Waals surface area contributed by atoms with E-state index in [1.54, 1.807) is 11.8 Å². The van der Waals surface area contributed by atoms with Crippen LogP contribution in [0.5, 0.6) is 0 Å². The highest BCUT2D eigenvalue weighted by Crippen LogP contribution is 2.37. The summed E-state index contributed by atoms with van der Waals surface area (Å²) in [6.07, 6.45) is 6.22. The molecule has 0 unspecified atom stereocenters. The largest absolute Gasteiger partial charge is 0.481 e. The van der Waals surface area contributed by atoms with Crippen molar-refractivity contribution in [2.24, 2.45) is 17.8 Å². The zero-order valence-electron chi connectivity index (χ0n) is 22.6. The second-order valence-electron chi connectivity index (χ2n) is 10.5. The van der Waals surface area contributed by atoms with Gasteiger partial charge in [0.15, 0.2) is 5.82 Å². The average molecular weight is 549 g/mol. The van der Waals surface area contributed by atoms with E-state index in [1.165, 1.54) is 6.42 Å². The molecular formula is C25H40N8O6. The molecule has 39 heavy (non-hydrogen) atoms. The number of hydrogen-bond donors (Lipinski definition) is 5. The van der Waals surface area contributed by atoms with Crippen molar-refractivity contribution in [3.63, 3.8) is 0 Å². The topological polar surface area (TPSA) is 199 Å². The number of rotatable bonds is 13. The van der Waals surface area contributed by atoms with Crippen molar-refractivity contribution in [1.82, 2.24) is 41.5 Å². The maximum atomic E-state index is 13.3. The van der Waals surface area contributed by atoms with E-state index in [-0.39, 0.29) is 49.6 Å². The number of carbonyl (C=O) groups is 5. The Morgan fingerprint density at radius 2 is 1.82 bits per heavy atom. The first kappa shape index (κ1) is 30.0. The van der Waals surface area contributed by atoms with Crippen molar-refractivity contribution >= 4 is 29.6 Å². The number of amides is 4. The lowest BCUT2D eigenvalue weighted by Gasteiger charge is -2.28. The summed E-state index contributed by atoms with van der Waals surface area (Å²) in [4.78, 5) is 63.9. The number of carboxylic acids is 1. The van der Waals surface area contributed by atoms with Gasteiger partial charge < -0.3 is 26.0 Å². The van der Waals surface area contributed by atoms with E-state index in [0.29, 0.717) is 31.1 Å². The molecular weight excluding hydrogens is 508 g/mol. The molecule has 0 aromatic carbocycles. The smallest absolute Gasteiger partial charge is 0.303 e. The minimum atomic E-state index is -1.10.